The molecule has 0 saturated carbocycles. The highest BCUT2D eigenvalue weighted by Gasteiger charge is 2.13. The predicted octanol–water partition coefficient (Wildman–Crippen LogP) is 3.24. The average Bonchev–Trinajstić information content (AvgIpc) is 2.82. The molecule has 5 nitrogen and oxygen atoms in total. The Kier molecular flexibility index (Phi) is 3.74. The van der Waals surface area contributed by atoms with Crippen molar-refractivity contribution < 1.29 is 14.1 Å². The molecule has 0 spiro atoms. The minimum absolute atomic E-state index is 0.0397. The van der Waals surface area contributed by atoms with Gasteiger partial charge in [0.25, 0.3) is 11.8 Å². The van der Waals surface area contributed by atoms with E-state index in [9.17, 15) is 4.79 Å². The molecule has 0 atom stereocenters. The molecule has 0 unspecified atom stereocenters. The summed E-state index contributed by atoms with van der Waals surface area (Å²) in [5.41, 5.74) is 0.504. The van der Waals surface area contributed by atoms with Crippen LogP contribution in [0.25, 0.3) is 0 Å². The van der Waals surface area contributed by atoms with Gasteiger partial charge in [0.15, 0.2) is 0 Å². The summed E-state index contributed by atoms with van der Waals surface area (Å²) >= 11 is 11.6. The summed E-state index contributed by atoms with van der Waals surface area (Å²) in [6.07, 6.45) is 0. The van der Waals surface area contributed by atoms with Crippen LogP contribution in [-0.4, -0.2) is 18.2 Å². The fraction of sp³-hybridized carbons (Fsp3) is 0.0909. The molecule has 1 amide bonds. The first-order valence-corrected chi connectivity index (χ1v) is 5.63. The van der Waals surface area contributed by atoms with Crippen molar-refractivity contribution in [3.63, 3.8) is 0 Å². The number of carbonyl (C=O) groups excluding carboxylic acids is 1. The third-order valence-electron chi connectivity index (χ3n) is 2.10. The van der Waals surface area contributed by atoms with Crippen molar-refractivity contribution in [1.82, 2.24) is 5.16 Å². The number of rotatable bonds is 3. The van der Waals surface area contributed by atoms with E-state index >= 15 is 0 Å². The van der Waals surface area contributed by atoms with Crippen LogP contribution in [0.2, 0.25) is 10.0 Å². The Balaban J connectivity index is 2.13. The van der Waals surface area contributed by atoms with Crippen molar-refractivity contribution in [1.29, 1.82) is 0 Å². The fourth-order valence-electron chi connectivity index (χ4n) is 1.23. The molecule has 1 heterocycles. The summed E-state index contributed by atoms with van der Waals surface area (Å²) < 4.78 is 9.60. The van der Waals surface area contributed by atoms with Crippen LogP contribution in [-0.2, 0) is 0 Å². The zero-order chi connectivity index (χ0) is 13.1. The smallest absolute Gasteiger partial charge is 0.294 e. The number of methoxy groups -OCH3 is 1. The van der Waals surface area contributed by atoms with Crippen molar-refractivity contribution >= 4 is 34.8 Å². The van der Waals surface area contributed by atoms with Gasteiger partial charge in [-0.05, 0) is 23.4 Å². The Hall–Kier alpha value is -1.72. The lowest BCUT2D eigenvalue weighted by Crippen LogP contribution is -2.10. The maximum absolute atomic E-state index is 11.8. The maximum Gasteiger partial charge on any atom is 0.294 e. The quantitative estimate of drug-likeness (QED) is 0.941. The second-order valence-electron chi connectivity index (χ2n) is 3.32. The number of carbonyl (C=O) groups is 1. The van der Waals surface area contributed by atoms with Crippen molar-refractivity contribution in [2.24, 2.45) is 0 Å². The van der Waals surface area contributed by atoms with E-state index in [1.807, 2.05) is 0 Å². The van der Waals surface area contributed by atoms with Crippen molar-refractivity contribution in [3.8, 4) is 5.88 Å². The number of nitrogens with one attached hydrogen (secondary N) is 1. The fourth-order valence-corrected chi connectivity index (χ4v) is 1.53. The van der Waals surface area contributed by atoms with E-state index < -0.39 is 5.91 Å². The van der Waals surface area contributed by atoms with E-state index in [1.54, 1.807) is 12.1 Å². The molecule has 0 aliphatic heterocycles. The van der Waals surface area contributed by atoms with Crippen molar-refractivity contribution in [3.05, 3.63) is 40.1 Å². The Morgan fingerprint density at radius 1 is 1.33 bits per heavy atom. The van der Waals surface area contributed by atoms with Crippen LogP contribution in [0, 0.1) is 0 Å². The SMILES string of the molecule is COc1cc(C(=O)Nc2ccc(Cl)c(Cl)c2)on1. The standard InChI is InChI=1S/C11H8Cl2N2O3/c1-17-10-5-9(18-15-10)11(16)14-6-2-3-7(12)8(13)4-6/h2-5H,1H3,(H,14,16). The van der Waals surface area contributed by atoms with Crippen LogP contribution in [0.4, 0.5) is 5.69 Å². The third-order valence-corrected chi connectivity index (χ3v) is 2.84. The molecule has 0 aliphatic rings. The van der Waals surface area contributed by atoms with Crippen LogP contribution >= 0.6 is 23.2 Å². The highest BCUT2D eigenvalue weighted by Crippen LogP contribution is 2.25. The van der Waals surface area contributed by atoms with Crippen LogP contribution in [0.15, 0.2) is 28.8 Å². The zero-order valence-corrected chi connectivity index (χ0v) is 10.7. The van der Waals surface area contributed by atoms with Gasteiger partial charge < -0.3 is 14.6 Å². The van der Waals surface area contributed by atoms with Gasteiger partial charge >= 0.3 is 0 Å². The molecule has 0 radical (unpaired) electrons. The van der Waals surface area contributed by atoms with Gasteiger partial charge in [-0.25, -0.2) is 0 Å². The van der Waals surface area contributed by atoms with Crippen LogP contribution < -0.4 is 10.1 Å². The van der Waals surface area contributed by atoms with E-state index in [-0.39, 0.29) is 11.6 Å². The Bertz CT molecular complexity index is 583. The number of hydrogen-bond donors (Lipinski definition) is 1. The lowest BCUT2D eigenvalue weighted by atomic mass is 10.3. The molecule has 7 heteroatoms. The summed E-state index contributed by atoms with van der Waals surface area (Å²) in [5.74, 6) is -0.184. The molecule has 0 aliphatic carbocycles. The van der Waals surface area contributed by atoms with Gasteiger partial charge in [-0.1, -0.05) is 23.2 Å². The number of benzene rings is 1. The van der Waals surface area contributed by atoms with Gasteiger partial charge in [-0.15, -0.1) is 0 Å². The minimum atomic E-state index is -0.454. The average molecular weight is 287 g/mol. The molecule has 2 aromatic rings. The second kappa shape index (κ2) is 5.29. The first-order chi connectivity index (χ1) is 8.60. The number of nitrogens with zero attached hydrogens (tertiary/aromatic N) is 1. The molecule has 0 bridgehead atoms. The lowest BCUT2D eigenvalue weighted by Gasteiger charge is -2.03. The van der Waals surface area contributed by atoms with E-state index in [2.05, 4.69) is 10.5 Å². The molecule has 2 rings (SSSR count). The number of halogens is 2. The largest absolute Gasteiger partial charge is 0.479 e. The van der Waals surface area contributed by atoms with Gasteiger partial charge in [-0.2, -0.15) is 0 Å². The second-order valence-corrected chi connectivity index (χ2v) is 4.13. The number of amides is 1. The van der Waals surface area contributed by atoms with Gasteiger partial charge in [0.1, 0.15) is 0 Å². The lowest BCUT2D eigenvalue weighted by molar-refractivity contribution is 0.0987. The normalized spacial score (nSPS) is 10.2. The number of anilines is 1. The molecule has 1 aromatic heterocycles. The molecule has 1 N–H and O–H groups in total. The molecule has 18 heavy (non-hydrogen) atoms. The summed E-state index contributed by atoms with van der Waals surface area (Å²) in [5, 5.41) is 6.88. The maximum atomic E-state index is 11.8. The van der Waals surface area contributed by atoms with E-state index in [0.717, 1.165) is 0 Å². The zero-order valence-electron chi connectivity index (χ0n) is 9.24. The van der Waals surface area contributed by atoms with E-state index in [1.165, 1.54) is 19.2 Å². The van der Waals surface area contributed by atoms with Crippen LogP contribution in [0.1, 0.15) is 10.6 Å². The topological polar surface area (TPSA) is 64.4 Å². The van der Waals surface area contributed by atoms with Gasteiger partial charge in [0.05, 0.1) is 23.2 Å². The van der Waals surface area contributed by atoms with Crippen molar-refractivity contribution in [2.45, 2.75) is 0 Å². The summed E-state index contributed by atoms with van der Waals surface area (Å²) in [6, 6.07) is 6.13. The van der Waals surface area contributed by atoms with E-state index in [4.69, 9.17) is 32.5 Å². The van der Waals surface area contributed by atoms with Gasteiger partial charge in [-0.3, -0.25) is 4.79 Å². The van der Waals surface area contributed by atoms with Crippen LogP contribution in [0.3, 0.4) is 0 Å². The van der Waals surface area contributed by atoms with Gasteiger partial charge in [0.2, 0.25) is 5.76 Å². The molecular weight excluding hydrogens is 279 g/mol. The number of ether oxygens (including phenoxy) is 1. The summed E-state index contributed by atoms with van der Waals surface area (Å²) in [7, 11) is 1.43. The predicted molar refractivity (Wildman–Crippen MR) is 67.5 cm³/mol. The summed E-state index contributed by atoms with van der Waals surface area (Å²) in [4.78, 5) is 11.8. The van der Waals surface area contributed by atoms with Gasteiger partial charge in [0, 0.05) is 5.69 Å². The first-order valence-electron chi connectivity index (χ1n) is 4.87. The minimum Gasteiger partial charge on any atom is -0.479 e. The van der Waals surface area contributed by atoms with Crippen molar-refractivity contribution in [2.75, 3.05) is 12.4 Å². The Labute approximate surface area is 113 Å². The summed E-state index contributed by atoms with van der Waals surface area (Å²) in [6.45, 7) is 0. The molecule has 0 saturated heterocycles. The monoisotopic (exact) mass is 286 g/mol. The highest BCUT2D eigenvalue weighted by atomic mass is 35.5. The number of aromatic nitrogens is 1. The Morgan fingerprint density at radius 3 is 2.72 bits per heavy atom. The molecule has 94 valence electrons. The molecule has 1 aromatic carbocycles. The molecular formula is C11H8Cl2N2O3. The van der Waals surface area contributed by atoms with E-state index in [0.29, 0.717) is 15.7 Å². The number of hydrogen-bond acceptors (Lipinski definition) is 4. The Morgan fingerprint density at radius 2 is 2.11 bits per heavy atom. The van der Waals surface area contributed by atoms with Crippen LogP contribution in [0.5, 0.6) is 5.88 Å². The molecule has 0 fully saturated rings. The first kappa shape index (κ1) is 12.7. The highest BCUT2D eigenvalue weighted by molar-refractivity contribution is 6.42. The third kappa shape index (κ3) is 2.75.